The highest BCUT2D eigenvalue weighted by Gasteiger charge is 2.20. The molecule has 0 radical (unpaired) electrons. The molecule has 1 unspecified atom stereocenters. The lowest BCUT2D eigenvalue weighted by atomic mass is 10.2. The van der Waals surface area contributed by atoms with Crippen LogP contribution in [0.1, 0.15) is 55.5 Å². The lowest BCUT2D eigenvalue weighted by Crippen LogP contribution is -2.24. The zero-order chi connectivity index (χ0) is 12.8. The van der Waals surface area contributed by atoms with Crippen molar-refractivity contribution in [1.82, 2.24) is 5.32 Å². The number of rotatable bonds is 7. The molecule has 1 aliphatic carbocycles. The maximum atomic E-state index is 3.73. The molecule has 1 nitrogen and oxygen atoms in total. The molecule has 1 aromatic heterocycles. The maximum Gasteiger partial charge on any atom is 0.0509 e. The number of aryl methyl sites for hydroxylation is 1. The van der Waals surface area contributed by atoms with Crippen LogP contribution in [0.5, 0.6) is 0 Å². The molecule has 0 aliphatic heterocycles. The Morgan fingerprint density at radius 2 is 2.22 bits per heavy atom. The third-order valence-corrected chi connectivity index (χ3v) is 6.26. The van der Waals surface area contributed by atoms with Crippen LogP contribution in [0.4, 0.5) is 0 Å². The van der Waals surface area contributed by atoms with Crippen LogP contribution >= 0.6 is 23.1 Å². The lowest BCUT2D eigenvalue weighted by Gasteiger charge is -2.20. The van der Waals surface area contributed by atoms with Crippen LogP contribution in [0.3, 0.4) is 0 Å². The summed E-state index contributed by atoms with van der Waals surface area (Å²) < 4.78 is 0. The number of thioether (sulfide) groups is 1. The van der Waals surface area contributed by atoms with Crippen molar-refractivity contribution in [3.8, 4) is 0 Å². The van der Waals surface area contributed by atoms with Crippen molar-refractivity contribution in [3.05, 3.63) is 21.9 Å². The third-order valence-electron chi connectivity index (χ3n) is 3.66. The molecule has 1 N–H and O–H groups in total. The molecule has 102 valence electrons. The normalized spacial score (nSPS) is 18.3. The van der Waals surface area contributed by atoms with Crippen LogP contribution in [0.2, 0.25) is 0 Å². The van der Waals surface area contributed by atoms with Crippen molar-refractivity contribution in [1.29, 1.82) is 0 Å². The summed E-state index contributed by atoms with van der Waals surface area (Å²) >= 11 is 4.11. The Hall–Kier alpha value is 0.0100. The third kappa shape index (κ3) is 4.01. The summed E-state index contributed by atoms with van der Waals surface area (Å²) in [5, 5.41) is 6.88. The van der Waals surface area contributed by atoms with E-state index in [9.17, 15) is 0 Å². The number of nitrogens with one attached hydrogen (secondary N) is 1. The van der Waals surface area contributed by atoms with Crippen molar-refractivity contribution in [2.24, 2.45) is 0 Å². The zero-order valence-corrected chi connectivity index (χ0v) is 13.2. The van der Waals surface area contributed by atoms with Crippen molar-refractivity contribution in [2.45, 2.75) is 57.2 Å². The van der Waals surface area contributed by atoms with Crippen LogP contribution < -0.4 is 5.32 Å². The van der Waals surface area contributed by atoms with Gasteiger partial charge in [0.25, 0.3) is 0 Å². The molecule has 1 aromatic rings. The summed E-state index contributed by atoms with van der Waals surface area (Å²) in [6.45, 7) is 5.62. The molecule has 3 heteroatoms. The summed E-state index contributed by atoms with van der Waals surface area (Å²) in [5.41, 5.74) is 1.46. The van der Waals surface area contributed by atoms with Gasteiger partial charge in [-0.3, -0.25) is 0 Å². The standard InChI is InChI=1S/C15H25NS2/c1-3-9-16-14(15-12(2)8-10-17-15)11-18-13-6-4-5-7-13/h8,10,13-14,16H,3-7,9,11H2,1-2H3. The van der Waals surface area contributed by atoms with E-state index in [-0.39, 0.29) is 0 Å². The van der Waals surface area contributed by atoms with Gasteiger partial charge in [0.15, 0.2) is 0 Å². The van der Waals surface area contributed by atoms with Crippen LogP contribution in [0.25, 0.3) is 0 Å². The molecule has 0 bridgehead atoms. The van der Waals surface area contributed by atoms with E-state index in [0.717, 1.165) is 11.8 Å². The van der Waals surface area contributed by atoms with E-state index >= 15 is 0 Å². The lowest BCUT2D eigenvalue weighted by molar-refractivity contribution is 0.582. The van der Waals surface area contributed by atoms with E-state index in [0.29, 0.717) is 6.04 Å². The van der Waals surface area contributed by atoms with Crippen LogP contribution in [-0.2, 0) is 0 Å². The van der Waals surface area contributed by atoms with Gasteiger partial charge in [-0.1, -0.05) is 19.8 Å². The van der Waals surface area contributed by atoms with Gasteiger partial charge in [-0.2, -0.15) is 11.8 Å². The zero-order valence-electron chi connectivity index (χ0n) is 11.6. The van der Waals surface area contributed by atoms with Crippen LogP contribution in [0.15, 0.2) is 11.4 Å². The summed E-state index contributed by atoms with van der Waals surface area (Å²) in [4.78, 5) is 1.55. The predicted octanol–water partition coefficient (Wildman–Crippen LogP) is 4.77. The first-order chi connectivity index (χ1) is 8.81. The van der Waals surface area contributed by atoms with E-state index < -0.39 is 0 Å². The van der Waals surface area contributed by atoms with Gasteiger partial charge in [-0.25, -0.2) is 0 Å². The minimum Gasteiger partial charge on any atom is -0.309 e. The first-order valence-electron chi connectivity index (χ1n) is 7.20. The summed E-state index contributed by atoms with van der Waals surface area (Å²) in [5.74, 6) is 1.24. The van der Waals surface area contributed by atoms with E-state index in [1.165, 1.54) is 43.4 Å². The minimum atomic E-state index is 0.565. The molecule has 1 atom stereocenters. The van der Waals surface area contributed by atoms with Gasteiger partial charge < -0.3 is 5.32 Å². The van der Waals surface area contributed by atoms with Gasteiger partial charge in [-0.15, -0.1) is 11.3 Å². The Morgan fingerprint density at radius 1 is 1.44 bits per heavy atom. The van der Waals surface area contributed by atoms with Crippen LogP contribution in [-0.4, -0.2) is 17.5 Å². The quantitative estimate of drug-likeness (QED) is 0.773. The molecular formula is C15H25NS2. The molecule has 18 heavy (non-hydrogen) atoms. The number of hydrogen-bond donors (Lipinski definition) is 1. The largest absolute Gasteiger partial charge is 0.309 e. The fraction of sp³-hybridized carbons (Fsp3) is 0.733. The molecule has 2 rings (SSSR count). The topological polar surface area (TPSA) is 12.0 Å². The van der Waals surface area contributed by atoms with Crippen molar-refractivity contribution >= 4 is 23.1 Å². The summed E-state index contributed by atoms with van der Waals surface area (Å²) in [6, 6.07) is 2.82. The fourth-order valence-electron chi connectivity index (χ4n) is 2.57. The Labute approximate surface area is 120 Å². The second kappa shape index (κ2) is 7.56. The molecule has 0 spiro atoms. The molecule has 1 aliphatic rings. The molecule has 1 heterocycles. The average Bonchev–Trinajstić information content (AvgIpc) is 3.01. The molecular weight excluding hydrogens is 258 g/mol. The summed E-state index contributed by atoms with van der Waals surface area (Å²) in [7, 11) is 0. The van der Waals surface area contributed by atoms with E-state index in [4.69, 9.17) is 0 Å². The second-order valence-corrected chi connectivity index (χ2v) is 7.50. The number of hydrogen-bond acceptors (Lipinski definition) is 3. The van der Waals surface area contributed by atoms with Crippen LogP contribution in [0, 0.1) is 6.92 Å². The SMILES string of the molecule is CCCNC(CSC1CCCC1)c1sccc1C. The number of thiophene rings is 1. The monoisotopic (exact) mass is 283 g/mol. The Bertz CT molecular complexity index is 342. The average molecular weight is 284 g/mol. The second-order valence-electron chi connectivity index (χ2n) is 5.21. The molecule has 0 aromatic carbocycles. The van der Waals surface area contributed by atoms with Gasteiger partial charge in [0, 0.05) is 15.9 Å². The van der Waals surface area contributed by atoms with Crippen molar-refractivity contribution in [3.63, 3.8) is 0 Å². The van der Waals surface area contributed by atoms with Crippen molar-refractivity contribution < 1.29 is 0 Å². The smallest absolute Gasteiger partial charge is 0.0509 e. The highest BCUT2D eigenvalue weighted by Crippen LogP contribution is 2.34. The maximum absolute atomic E-state index is 3.73. The van der Waals surface area contributed by atoms with Crippen molar-refractivity contribution in [2.75, 3.05) is 12.3 Å². The van der Waals surface area contributed by atoms with Gasteiger partial charge in [0.05, 0.1) is 6.04 Å². The van der Waals surface area contributed by atoms with E-state index in [2.05, 4.69) is 42.4 Å². The predicted molar refractivity (Wildman–Crippen MR) is 84.8 cm³/mol. The van der Waals surface area contributed by atoms with E-state index in [1.54, 1.807) is 4.88 Å². The fourth-order valence-corrected chi connectivity index (χ4v) is 5.10. The highest BCUT2D eigenvalue weighted by molar-refractivity contribution is 7.99. The first-order valence-corrected chi connectivity index (χ1v) is 9.13. The summed E-state index contributed by atoms with van der Waals surface area (Å²) in [6.07, 6.45) is 6.99. The minimum absolute atomic E-state index is 0.565. The molecule has 0 saturated heterocycles. The highest BCUT2D eigenvalue weighted by atomic mass is 32.2. The Kier molecular flexibility index (Phi) is 6.06. The van der Waals surface area contributed by atoms with Gasteiger partial charge in [-0.05, 0) is 49.7 Å². The van der Waals surface area contributed by atoms with Gasteiger partial charge in [0.1, 0.15) is 0 Å². The van der Waals surface area contributed by atoms with Gasteiger partial charge >= 0.3 is 0 Å². The molecule has 1 fully saturated rings. The Balaban J connectivity index is 1.90. The molecule has 0 amide bonds. The first kappa shape index (κ1) is 14.4. The van der Waals surface area contributed by atoms with E-state index in [1.807, 2.05) is 11.3 Å². The molecule has 1 saturated carbocycles. The van der Waals surface area contributed by atoms with Gasteiger partial charge in [0.2, 0.25) is 0 Å². The Morgan fingerprint density at radius 3 is 2.83 bits per heavy atom.